The molecule has 1 heterocycles. The number of anilines is 1. The lowest BCUT2D eigenvalue weighted by atomic mass is 10.3. The number of aromatic nitrogens is 1. The molecule has 1 aromatic heterocycles. The first kappa shape index (κ1) is 9.71. The van der Waals surface area contributed by atoms with Crippen molar-refractivity contribution in [2.24, 2.45) is 5.73 Å². The smallest absolute Gasteiger partial charge is 0.141 e. The standard InChI is InChI=1S/C6H8N4.ClH/c7-4-1-2-10-5(3-4)6(8)9;/h1-3H,(H2,7,10)(H3,8,9);1H. The maximum atomic E-state index is 6.99. The maximum absolute atomic E-state index is 6.99. The summed E-state index contributed by atoms with van der Waals surface area (Å²) in [5, 5.41) is 6.99. The Morgan fingerprint density at radius 3 is 2.55 bits per heavy atom. The van der Waals surface area contributed by atoms with Crippen molar-refractivity contribution >= 4 is 23.9 Å². The van der Waals surface area contributed by atoms with Crippen molar-refractivity contribution in [3.05, 3.63) is 24.0 Å². The first-order valence-electron chi connectivity index (χ1n) is 2.76. The summed E-state index contributed by atoms with van der Waals surface area (Å²) >= 11 is 0. The minimum Gasteiger partial charge on any atom is -0.399 e. The van der Waals surface area contributed by atoms with E-state index in [1.807, 2.05) is 0 Å². The van der Waals surface area contributed by atoms with Crippen molar-refractivity contribution in [3.63, 3.8) is 0 Å². The number of nitrogens with one attached hydrogen (secondary N) is 1. The van der Waals surface area contributed by atoms with Gasteiger partial charge in [0.15, 0.2) is 0 Å². The van der Waals surface area contributed by atoms with Crippen LogP contribution in [-0.4, -0.2) is 10.8 Å². The Hall–Kier alpha value is -1.29. The van der Waals surface area contributed by atoms with Gasteiger partial charge in [0.1, 0.15) is 11.5 Å². The molecule has 5 N–H and O–H groups in total. The van der Waals surface area contributed by atoms with Gasteiger partial charge in [-0.1, -0.05) is 0 Å². The van der Waals surface area contributed by atoms with E-state index in [2.05, 4.69) is 4.98 Å². The molecule has 0 unspecified atom stereocenters. The van der Waals surface area contributed by atoms with Crippen LogP contribution in [0, 0.1) is 5.41 Å². The first-order chi connectivity index (χ1) is 4.70. The van der Waals surface area contributed by atoms with E-state index in [1.165, 1.54) is 6.20 Å². The third-order valence-electron chi connectivity index (χ3n) is 1.06. The second-order valence-electron chi connectivity index (χ2n) is 1.89. The van der Waals surface area contributed by atoms with E-state index in [4.69, 9.17) is 16.9 Å². The highest BCUT2D eigenvalue weighted by Crippen LogP contribution is 2.00. The molecule has 0 spiro atoms. The van der Waals surface area contributed by atoms with Gasteiger partial charge >= 0.3 is 0 Å². The van der Waals surface area contributed by atoms with E-state index in [0.717, 1.165) is 0 Å². The zero-order chi connectivity index (χ0) is 7.56. The van der Waals surface area contributed by atoms with Gasteiger partial charge in [-0.25, -0.2) is 0 Å². The van der Waals surface area contributed by atoms with Crippen LogP contribution in [0.1, 0.15) is 5.69 Å². The highest BCUT2D eigenvalue weighted by molar-refractivity contribution is 5.93. The second-order valence-corrected chi connectivity index (χ2v) is 1.89. The zero-order valence-corrected chi connectivity index (χ0v) is 6.56. The van der Waals surface area contributed by atoms with Crippen LogP contribution in [0.4, 0.5) is 5.69 Å². The number of nitrogens with zero attached hydrogens (tertiary/aromatic N) is 1. The molecule has 4 nitrogen and oxygen atoms in total. The van der Waals surface area contributed by atoms with E-state index < -0.39 is 0 Å². The van der Waals surface area contributed by atoms with E-state index >= 15 is 0 Å². The highest BCUT2D eigenvalue weighted by atomic mass is 35.5. The number of halogens is 1. The molecule has 0 atom stereocenters. The number of rotatable bonds is 1. The fourth-order valence-electron chi connectivity index (χ4n) is 0.594. The maximum Gasteiger partial charge on any atom is 0.141 e. The molecule has 0 saturated carbocycles. The Balaban J connectivity index is 0.000001000. The van der Waals surface area contributed by atoms with E-state index in [9.17, 15) is 0 Å². The molecule has 0 saturated heterocycles. The molecule has 0 aliphatic rings. The van der Waals surface area contributed by atoms with Crippen LogP contribution < -0.4 is 11.5 Å². The topological polar surface area (TPSA) is 88.8 Å². The fourth-order valence-corrected chi connectivity index (χ4v) is 0.594. The summed E-state index contributed by atoms with van der Waals surface area (Å²) < 4.78 is 0. The van der Waals surface area contributed by atoms with E-state index in [-0.39, 0.29) is 18.2 Å². The van der Waals surface area contributed by atoms with Gasteiger partial charge in [0.05, 0.1) is 0 Å². The Kier molecular flexibility index (Phi) is 3.33. The van der Waals surface area contributed by atoms with Crippen molar-refractivity contribution in [2.45, 2.75) is 0 Å². The monoisotopic (exact) mass is 172 g/mol. The predicted molar refractivity (Wildman–Crippen MR) is 46.9 cm³/mol. The fraction of sp³-hybridized carbons (Fsp3) is 0. The van der Waals surface area contributed by atoms with Crippen LogP contribution in [0.2, 0.25) is 0 Å². The Morgan fingerprint density at radius 2 is 2.18 bits per heavy atom. The van der Waals surface area contributed by atoms with Gasteiger partial charge in [-0.05, 0) is 12.1 Å². The molecule has 0 radical (unpaired) electrons. The number of nitrogen functional groups attached to an aromatic ring is 2. The summed E-state index contributed by atoms with van der Waals surface area (Å²) in [5.74, 6) is -0.0627. The van der Waals surface area contributed by atoms with E-state index in [1.54, 1.807) is 12.1 Å². The third-order valence-corrected chi connectivity index (χ3v) is 1.06. The Morgan fingerprint density at radius 1 is 1.55 bits per heavy atom. The van der Waals surface area contributed by atoms with Crippen molar-refractivity contribution < 1.29 is 0 Å². The summed E-state index contributed by atoms with van der Waals surface area (Å²) in [5.41, 5.74) is 11.5. The summed E-state index contributed by atoms with van der Waals surface area (Å²) in [6, 6.07) is 3.20. The highest BCUT2D eigenvalue weighted by Gasteiger charge is 1.95. The molecule has 5 heteroatoms. The normalized spacial score (nSPS) is 8.36. The van der Waals surface area contributed by atoms with Gasteiger partial charge in [-0.3, -0.25) is 10.4 Å². The Bertz CT molecular complexity index is 261. The number of pyridine rings is 1. The van der Waals surface area contributed by atoms with Crippen molar-refractivity contribution in [3.8, 4) is 0 Å². The summed E-state index contributed by atoms with van der Waals surface area (Å²) in [7, 11) is 0. The van der Waals surface area contributed by atoms with Crippen molar-refractivity contribution in [1.82, 2.24) is 4.98 Å². The van der Waals surface area contributed by atoms with Crippen LogP contribution in [0.5, 0.6) is 0 Å². The third kappa shape index (κ3) is 2.43. The molecule has 1 aromatic rings. The van der Waals surface area contributed by atoms with Crippen molar-refractivity contribution in [2.75, 3.05) is 5.73 Å². The number of amidine groups is 1. The van der Waals surface area contributed by atoms with Gasteiger partial charge < -0.3 is 11.5 Å². The largest absolute Gasteiger partial charge is 0.399 e. The minimum atomic E-state index is -0.0627. The molecular weight excluding hydrogens is 164 g/mol. The van der Waals surface area contributed by atoms with Crippen molar-refractivity contribution in [1.29, 1.82) is 5.41 Å². The summed E-state index contributed by atoms with van der Waals surface area (Å²) in [4.78, 5) is 3.81. The molecule has 0 bridgehead atoms. The number of hydrogen-bond donors (Lipinski definition) is 3. The lowest BCUT2D eigenvalue weighted by Crippen LogP contribution is -2.13. The molecule has 0 amide bonds. The predicted octanol–water partition coefficient (Wildman–Crippen LogP) is 0.370. The zero-order valence-electron chi connectivity index (χ0n) is 5.74. The Labute approximate surface area is 70.5 Å². The second kappa shape index (κ2) is 3.78. The van der Waals surface area contributed by atoms with Crippen LogP contribution >= 0.6 is 12.4 Å². The van der Waals surface area contributed by atoms with E-state index in [0.29, 0.717) is 11.4 Å². The lowest BCUT2D eigenvalue weighted by Gasteiger charge is -1.96. The van der Waals surface area contributed by atoms with Crippen LogP contribution in [0.25, 0.3) is 0 Å². The quantitative estimate of drug-likeness (QED) is 0.422. The SMILES string of the molecule is Cl.N=C(N)c1cc(N)ccn1. The van der Waals surface area contributed by atoms with Gasteiger partial charge in [0, 0.05) is 11.9 Å². The molecule has 0 aliphatic carbocycles. The molecule has 11 heavy (non-hydrogen) atoms. The molecule has 0 fully saturated rings. The lowest BCUT2D eigenvalue weighted by molar-refractivity contribution is 1.26. The minimum absolute atomic E-state index is 0. The molecule has 1 rings (SSSR count). The van der Waals surface area contributed by atoms with Gasteiger partial charge in [-0.15, -0.1) is 12.4 Å². The summed E-state index contributed by atoms with van der Waals surface area (Å²) in [6.45, 7) is 0. The van der Waals surface area contributed by atoms with Gasteiger partial charge in [0.25, 0.3) is 0 Å². The average Bonchev–Trinajstić information content (AvgIpc) is 1.88. The first-order valence-corrected chi connectivity index (χ1v) is 2.76. The average molecular weight is 173 g/mol. The van der Waals surface area contributed by atoms with Gasteiger partial charge in [-0.2, -0.15) is 0 Å². The van der Waals surface area contributed by atoms with Crippen LogP contribution in [0.3, 0.4) is 0 Å². The molecule has 0 aliphatic heterocycles. The van der Waals surface area contributed by atoms with Gasteiger partial charge in [0.2, 0.25) is 0 Å². The van der Waals surface area contributed by atoms with Crippen LogP contribution in [-0.2, 0) is 0 Å². The number of nitrogens with two attached hydrogens (primary N) is 2. The van der Waals surface area contributed by atoms with Crippen LogP contribution in [0.15, 0.2) is 18.3 Å². The number of hydrogen-bond acceptors (Lipinski definition) is 3. The molecule has 60 valence electrons. The molecule has 0 aromatic carbocycles. The molecular formula is C6H9ClN4. The summed E-state index contributed by atoms with van der Waals surface area (Å²) in [6.07, 6.45) is 1.52.